The number of ether oxygens (including phenoxy) is 1. The lowest BCUT2D eigenvalue weighted by Crippen LogP contribution is -2.26. The smallest absolute Gasteiger partial charge is 0.411 e. The SMILES string of the molecule is C=C(C)C(=O)OCC[N+]#CCCN(C=C(CC)C(=O)O)C(=O)O. The highest BCUT2D eigenvalue weighted by atomic mass is 16.5. The molecule has 0 unspecified atom stereocenters. The number of amides is 1. The summed E-state index contributed by atoms with van der Waals surface area (Å²) in [7, 11) is 0. The molecule has 0 atom stereocenters. The predicted molar refractivity (Wildman–Crippen MR) is 83.2 cm³/mol. The quantitative estimate of drug-likeness (QED) is 0.402. The van der Waals surface area contributed by atoms with Gasteiger partial charge in [-0.2, -0.15) is 0 Å². The summed E-state index contributed by atoms with van der Waals surface area (Å²) in [5.74, 6) is -1.65. The third-order valence-corrected chi connectivity index (χ3v) is 2.57. The molecule has 8 heteroatoms. The van der Waals surface area contributed by atoms with Crippen LogP contribution >= 0.6 is 0 Å². The topological polar surface area (TPSA) is 109 Å². The Kier molecular flexibility index (Phi) is 9.51. The fourth-order valence-corrected chi connectivity index (χ4v) is 1.34. The van der Waals surface area contributed by atoms with Gasteiger partial charge in [0.1, 0.15) is 0 Å². The van der Waals surface area contributed by atoms with E-state index in [0.29, 0.717) is 5.57 Å². The monoisotopic (exact) mass is 325 g/mol. The minimum atomic E-state index is -1.26. The summed E-state index contributed by atoms with van der Waals surface area (Å²) >= 11 is 0. The summed E-state index contributed by atoms with van der Waals surface area (Å²) in [6.07, 6.45) is 0.231. The van der Waals surface area contributed by atoms with E-state index in [1.54, 1.807) is 6.92 Å². The number of rotatable bonds is 8. The number of esters is 1. The largest absolute Gasteiger partial charge is 0.478 e. The Hall–Kier alpha value is -2.82. The van der Waals surface area contributed by atoms with Crippen LogP contribution in [0.4, 0.5) is 4.79 Å². The van der Waals surface area contributed by atoms with Crippen LogP contribution < -0.4 is 0 Å². The Bertz CT molecular complexity index is 556. The van der Waals surface area contributed by atoms with E-state index < -0.39 is 18.0 Å². The molecule has 0 saturated carbocycles. The van der Waals surface area contributed by atoms with Crippen molar-refractivity contribution in [1.29, 1.82) is 0 Å². The maximum atomic E-state index is 11.1. The maximum absolute atomic E-state index is 11.1. The highest BCUT2D eigenvalue weighted by Gasteiger charge is 2.13. The van der Waals surface area contributed by atoms with Gasteiger partial charge >= 0.3 is 18.0 Å². The van der Waals surface area contributed by atoms with Crippen molar-refractivity contribution in [2.24, 2.45) is 0 Å². The molecule has 0 fully saturated rings. The summed E-state index contributed by atoms with van der Waals surface area (Å²) in [6, 6.07) is 2.62. The van der Waals surface area contributed by atoms with E-state index in [9.17, 15) is 14.4 Å². The zero-order valence-electron chi connectivity index (χ0n) is 13.2. The number of hydrogen-bond donors (Lipinski definition) is 2. The van der Waals surface area contributed by atoms with Crippen LogP contribution in [0.1, 0.15) is 26.7 Å². The van der Waals surface area contributed by atoms with E-state index in [4.69, 9.17) is 14.9 Å². The van der Waals surface area contributed by atoms with Gasteiger partial charge in [-0.05, 0) is 13.3 Å². The molecule has 1 amide bonds. The second-order valence-electron chi connectivity index (χ2n) is 4.50. The first-order valence-electron chi connectivity index (χ1n) is 6.95. The molecule has 0 aliphatic heterocycles. The second kappa shape index (κ2) is 10.8. The Morgan fingerprint density at radius 1 is 1.35 bits per heavy atom. The number of carboxylic acid groups (broad SMARTS) is 2. The van der Waals surface area contributed by atoms with E-state index in [1.807, 2.05) is 0 Å². The molecule has 0 aliphatic carbocycles. The molecule has 0 rings (SSSR count). The Balaban J connectivity index is 4.34. The van der Waals surface area contributed by atoms with Crippen molar-refractivity contribution in [1.82, 2.24) is 4.90 Å². The Morgan fingerprint density at radius 3 is 2.48 bits per heavy atom. The molecule has 0 aromatic rings. The van der Waals surface area contributed by atoms with Crippen molar-refractivity contribution in [2.75, 3.05) is 19.7 Å². The maximum Gasteiger partial charge on any atom is 0.411 e. The second-order valence-corrected chi connectivity index (χ2v) is 4.50. The molecule has 126 valence electrons. The molecule has 0 bridgehead atoms. The Morgan fingerprint density at radius 2 is 2.00 bits per heavy atom. The summed E-state index contributed by atoms with van der Waals surface area (Å²) in [5.41, 5.74) is 0.294. The summed E-state index contributed by atoms with van der Waals surface area (Å²) < 4.78 is 4.81. The number of carbonyl (C=O) groups excluding carboxylic acids is 1. The van der Waals surface area contributed by atoms with Crippen LogP contribution in [-0.4, -0.2) is 52.8 Å². The zero-order chi connectivity index (χ0) is 17.8. The van der Waals surface area contributed by atoms with E-state index in [-0.39, 0.29) is 38.1 Å². The highest BCUT2D eigenvalue weighted by molar-refractivity contribution is 5.87. The average molecular weight is 325 g/mol. The van der Waals surface area contributed by atoms with Gasteiger partial charge in [0.15, 0.2) is 6.61 Å². The zero-order valence-corrected chi connectivity index (χ0v) is 13.2. The van der Waals surface area contributed by atoms with Gasteiger partial charge in [-0.3, -0.25) is 4.90 Å². The Labute approximate surface area is 134 Å². The third-order valence-electron chi connectivity index (χ3n) is 2.57. The number of hydrogen-bond acceptors (Lipinski definition) is 4. The number of carbonyl (C=O) groups is 3. The lowest BCUT2D eigenvalue weighted by atomic mass is 10.2. The van der Waals surface area contributed by atoms with Crippen molar-refractivity contribution >= 4 is 18.0 Å². The lowest BCUT2D eigenvalue weighted by molar-refractivity contribution is -0.138. The lowest BCUT2D eigenvalue weighted by Gasteiger charge is -2.12. The van der Waals surface area contributed by atoms with Crippen LogP contribution in [0.5, 0.6) is 0 Å². The minimum absolute atomic E-state index is 0.00366. The molecule has 2 N–H and O–H groups in total. The van der Waals surface area contributed by atoms with Crippen LogP contribution in [0.2, 0.25) is 0 Å². The van der Waals surface area contributed by atoms with Crippen LogP contribution in [-0.2, 0) is 14.3 Å². The average Bonchev–Trinajstić information content (AvgIpc) is 2.48. The standard InChI is InChI=1S/C15H20N2O6/c1-4-12(13(18)19)10-17(15(21)22)8-5-6-16-7-9-23-14(20)11(2)3/h10H,2,4-5,7-9H2,1,3H3,(H-,18,19,21,22)/p+1. The van der Waals surface area contributed by atoms with Gasteiger partial charge in [0.25, 0.3) is 12.6 Å². The van der Waals surface area contributed by atoms with Crippen LogP contribution in [0.15, 0.2) is 23.9 Å². The first-order chi connectivity index (χ1) is 10.8. The summed E-state index contributed by atoms with van der Waals surface area (Å²) in [6.45, 7) is 6.91. The van der Waals surface area contributed by atoms with E-state index >= 15 is 0 Å². The van der Waals surface area contributed by atoms with Gasteiger partial charge in [-0.15, -0.1) is 0 Å². The van der Waals surface area contributed by atoms with Gasteiger partial charge in [0, 0.05) is 18.3 Å². The van der Waals surface area contributed by atoms with E-state index in [1.165, 1.54) is 6.92 Å². The van der Waals surface area contributed by atoms with Crippen molar-refractivity contribution in [2.45, 2.75) is 26.7 Å². The van der Waals surface area contributed by atoms with Crippen molar-refractivity contribution < 1.29 is 29.3 Å². The molecular weight excluding hydrogens is 304 g/mol. The van der Waals surface area contributed by atoms with Crippen LogP contribution in [0.3, 0.4) is 0 Å². The van der Waals surface area contributed by atoms with Gasteiger partial charge < -0.3 is 14.9 Å². The molecule has 0 aromatic heterocycles. The van der Waals surface area contributed by atoms with E-state index in [2.05, 4.69) is 17.5 Å². The van der Waals surface area contributed by atoms with Gasteiger partial charge in [0.05, 0.1) is 12.0 Å². The van der Waals surface area contributed by atoms with Crippen molar-refractivity contribution in [3.8, 4) is 6.07 Å². The molecule has 0 aliphatic rings. The summed E-state index contributed by atoms with van der Waals surface area (Å²) in [4.78, 5) is 37.7. The minimum Gasteiger partial charge on any atom is -0.478 e. The van der Waals surface area contributed by atoms with E-state index in [0.717, 1.165) is 11.1 Å². The van der Waals surface area contributed by atoms with Crippen LogP contribution in [0, 0.1) is 6.07 Å². The fourth-order valence-electron chi connectivity index (χ4n) is 1.34. The summed E-state index contributed by atoms with van der Waals surface area (Å²) in [5, 5.41) is 17.9. The first kappa shape index (κ1) is 20.2. The first-order valence-corrected chi connectivity index (χ1v) is 6.95. The van der Waals surface area contributed by atoms with Gasteiger partial charge in [-0.1, -0.05) is 18.3 Å². The van der Waals surface area contributed by atoms with Crippen molar-refractivity contribution in [3.63, 3.8) is 0 Å². The molecule has 0 aromatic carbocycles. The number of aliphatic carboxylic acids is 1. The molecule has 0 heterocycles. The third kappa shape index (κ3) is 8.93. The number of nitrogens with zero attached hydrogens (tertiary/aromatic N) is 2. The van der Waals surface area contributed by atoms with Crippen molar-refractivity contribution in [3.05, 3.63) is 28.8 Å². The van der Waals surface area contributed by atoms with Gasteiger partial charge in [0.2, 0.25) is 0 Å². The van der Waals surface area contributed by atoms with Crippen LogP contribution in [0.25, 0.3) is 4.85 Å². The molecule has 0 radical (unpaired) electrons. The predicted octanol–water partition coefficient (Wildman–Crippen LogP) is 2.19. The fraction of sp³-hybridized carbons (Fsp3) is 0.467. The molecule has 0 spiro atoms. The molecular formula is C15H21N2O6+. The highest BCUT2D eigenvalue weighted by Crippen LogP contribution is 2.05. The van der Waals surface area contributed by atoms with Gasteiger partial charge in [-0.25, -0.2) is 14.4 Å². The number of carboxylic acids is 1. The molecule has 8 nitrogen and oxygen atoms in total. The normalized spacial score (nSPS) is 10.3. The molecule has 23 heavy (non-hydrogen) atoms. The molecule has 0 saturated heterocycles.